The van der Waals surface area contributed by atoms with Gasteiger partial charge in [0.15, 0.2) is 0 Å². The van der Waals surface area contributed by atoms with E-state index in [0.29, 0.717) is 0 Å². The maximum absolute atomic E-state index is 3.43. The van der Waals surface area contributed by atoms with Crippen LogP contribution in [0.3, 0.4) is 0 Å². The fraction of sp³-hybridized carbons (Fsp3) is 0.286. The molecule has 0 bridgehead atoms. The predicted molar refractivity (Wildman–Crippen MR) is 68.5 cm³/mol. The van der Waals surface area contributed by atoms with Crippen molar-refractivity contribution in [3.8, 4) is 11.3 Å². The molecule has 2 nitrogen and oxygen atoms in total. The molecular formula is C14H18N2. The highest BCUT2D eigenvalue weighted by Crippen LogP contribution is 2.22. The van der Waals surface area contributed by atoms with E-state index in [-0.39, 0.29) is 0 Å². The molecule has 0 amide bonds. The molecule has 0 saturated heterocycles. The van der Waals surface area contributed by atoms with Crippen LogP contribution in [0.25, 0.3) is 11.3 Å². The zero-order valence-electron chi connectivity index (χ0n) is 10.1. The lowest BCUT2D eigenvalue weighted by molar-refractivity contribution is 0.812. The molecule has 0 saturated carbocycles. The summed E-state index contributed by atoms with van der Waals surface area (Å²) >= 11 is 0. The fourth-order valence-corrected chi connectivity index (χ4v) is 1.94. The second kappa shape index (κ2) is 4.54. The van der Waals surface area contributed by atoms with Crippen molar-refractivity contribution in [2.75, 3.05) is 7.05 Å². The van der Waals surface area contributed by atoms with Crippen LogP contribution in [0.4, 0.5) is 0 Å². The van der Waals surface area contributed by atoms with Crippen LogP contribution in [0, 0.1) is 13.8 Å². The Morgan fingerprint density at radius 2 is 2.00 bits per heavy atom. The van der Waals surface area contributed by atoms with E-state index in [1.807, 2.05) is 7.05 Å². The predicted octanol–water partition coefficient (Wildman–Crippen LogP) is 3.02. The zero-order chi connectivity index (χ0) is 11.5. The van der Waals surface area contributed by atoms with Gasteiger partial charge in [0.2, 0.25) is 0 Å². The summed E-state index contributed by atoms with van der Waals surface area (Å²) in [4.78, 5) is 3.43. The van der Waals surface area contributed by atoms with Gasteiger partial charge in [-0.2, -0.15) is 0 Å². The molecule has 0 aliphatic heterocycles. The lowest BCUT2D eigenvalue weighted by atomic mass is 10.1. The smallest absolute Gasteiger partial charge is 0.0459 e. The molecule has 0 atom stereocenters. The maximum atomic E-state index is 3.43. The standard InChI is InChI=1S/C14H18N2/c1-10-5-4-6-12(7-10)14-8-13(9-15-3)11(2)16-14/h4-8,15-16H,9H2,1-3H3. The van der Waals surface area contributed by atoms with Crippen molar-refractivity contribution in [1.29, 1.82) is 0 Å². The van der Waals surface area contributed by atoms with Crippen LogP contribution in [-0.2, 0) is 6.54 Å². The summed E-state index contributed by atoms with van der Waals surface area (Å²) < 4.78 is 0. The fourth-order valence-electron chi connectivity index (χ4n) is 1.94. The second-order valence-corrected chi connectivity index (χ2v) is 4.23. The summed E-state index contributed by atoms with van der Waals surface area (Å²) in [6, 6.07) is 10.8. The minimum Gasteiger partial charge on any atom is -0.358 e. The first-order chi connectivity index (χ1) is 7.70. The SMILES string of the molecule is CNCc1cc(-c2cccc(C)c2)[nH]c1C. The van der Waals surface area contributed by atoms with Crippen molar-refractivity contribution in [3.63, 3.8) is 0 Å². The van der Waals surface area contributed by atoms with Gasteiger partial charge in [-0.25, -0.2) is 0 Å². The van der Waals surface area contributed by atoms with Gasteiger partial charge in [0.25, 0.3) is 0 Å². The minimum absolute atomic E-state index is 0.911. The van der Waals surface area contributed by atoms with E-state index in [1.54, 1.807) is 0 Å². The molecule has 1 aromatic heterocycles. The van der Waals surface area contributed by atoms with Gasteiger partial charge in [-0.1, -0.05) is 23.8 Å². The lowest BCUT2D eigenvalue weighted by Gasteiger charge is -1.99. The summed E-state index contributed by atoms with van der Waals surface area (Å²) in [5.74, 6) is 0. The quantitative estimate of drug-likeness (QED) is 0.807. The number of H-pyrrole nitrogens is 1. The van der Waals surface area contributed by atoms with Crippen molar-refractivity contribution in [2.24, 2.45) is 0 Å². The first kappa shape index (κ1) is 11.0. The number of hydrogen-bond acceptors (Lipinski definition) is 1. The third-order valence-corrected chi connectivity index (χ3v) is 2.82. The first-order valence-electron chi connectivity index (χ1n) is 5.61. The maximum Gasteiger partial charge on any atom is 0.0459 e. The summed E-state index contributed by atoms with van der Waals surface area (Å²) in [5, 5.41) is 3.18. The number of hydrogen-bond donors (Lipinski definition) is 2. The van der Waals surface area contributed by atoms with Crippen LogP contribution in [-0.4, -0.2) is 12.0 Å². The van der Waals surface area contributed by atoms with Crippen LogP contribution in [0.2, 0.25) is 0 Å². The number of aromatic amines is 1. The Hall–Kier alpha value is -1.54. The third-order valence-electron chi connectivity index (χ3n) is 2.82. The summed E-state index contributed by atoms with van der Waals surface area (Å²) in [6.45, 7) is 5.15. The Morgan fingerprint density at radius 1 is 1.19 bits per heavy atom. The number of benzene rings is 1. The normalized spacial score (nSPS) is 10.7. The summed E-state index contributed by atoms with van der Waals surface area (Å²) in [5.41, 5.74) is 6.32. The van der Waals surface area contributed by atoms with Crippen LogP contribution < -0.4 is 5.32 Å². The molecular weight excluding hydrogens is 196 g/mol. The molecule has 0 spiro atoms. The average Bonchev–Trinajstić information content (AvgIpc) is 2.61. The van der Waals surface area contributed by atoms with E-state index in [4.69, 9.17) is 0 Å². The molecule has 0 aliphatic carbocycles. The van der Waals surface area contributed by atoms with Crippen molar-refractivity contribution in [3.05, 3.63) is 47.2 Å². The van der Waals surface area contributed by atoms with Crippen LogP contribution in [0.5, 0.6) is 0 Å². The molecule has 84 valence electrons. The highest BCUT2D eigenvalue weighted by molar-refractivity contribution is 5.62. The van der Waals surface area contributed by atoms with Gasteiger partial charge in [-0.3, -0.25) is 0 Å². The molecule has 0 aliphatic rings. The molecule has 16 heavy (non-hydrogen) atoms. The van der Waals surface area contributed by atoms with Crippen LogP contribution in [0.1, 0.15) is 16.8 Å². The van der Waals surface area contributed by atoms with E-state index in [9.17, 15) is 0 Å². The second-order valence-electron chi connectivity index (χ2n) is 4.23. The Bertz CT molecular complexity index is 483. The average molecular weight is 214 g/mol. The lowest BCUT2D eigenvalue weighted by Crippen LogP contribution is -2.04. The Morgan fingerprint density at radius 3 is 2.69 bits per heavy atom. The van der Waals surface area contributed by atoms with Gasteiger partial charge >= 0.3 is 0 Å². The van der Waals surface area contributed by atoms with Gasteiger partial charge in [0.1, 0.15) is 0 Å². The Labute approximate surface area is 96.7 Å². The highest BCUT2D eigenvalue weighted by atomic mass is 14.8. The van der Waals surface area contributed by atoms with Gasteiger partial charge in [-0.05, 0) is 44.2 Å². The van der Waals surface area contributed by atoms with E-state index < -0.39 is 0 Å². The molecule has 1 heterocycles. The van der Waals surface area contributed by atoms with Crippen molar-refractivity contribution < 1.29 is 0 Å². The van der Waals surface area contributed by atoms with Crippen molar-refractivity contribution >= 4 is 0 Å². The largest absolute Gasteiger partial charge is 0.358 e. The monoisotopic (exact) mass is 214 g/mol. The zero-order valence-corrected chi connectivity index (χ0v) is 10.1. The molecule has 0 unspecified atom stereocenters. The number of aryl methyl sites for hydroxylation is 2. The Kier molecular flexibility index (Phi) is 3.11. The highest BCUT2D eigenvalue weighted by Gasteiger charge is 2.05. The van der Waals surface area contributed by atoms with Gasteiger partial charge < -0.3 is 10.3 Å². The number of aromatic nitrogens is 1. The number of rotatable bonds is 3. The summed E-state index contributed by atoms with van der Waals surface area (Å²) in [6.07, 6.45) is 0. The molecule has 2 rings (SSSR count). The molecule has 2 heteroatoms. The third kappa shape index (κ3) is 2.17. The topological polar surface area (TPSA) is 27.8 Å². The summed E-state index contributed by atoms with van der Waals surface area (Å²) in [7, 11) is 1.97. The van der Waals surface area contributed by atoms with Gasteiger partial charge in [0.05, 0.1) is 0 Å². The van der Waals surface area contributed by atoms with Gasteiger partial charge in [-0.15, -0.1) is 0 Å². The van der Waals surface area contributed by atoms with Crippen LogP contribution >= 0.6 is 0 Å². The molecule has 0 fully saturated rings. The first-order valence-corrected chi connectivity index (χ1v) is 5.61. The van der Waals surface area contributed by atoms with Crippen molar-refractivity contribution in [2.45, 2.75) is 20.4 Å². The van der Waals surface area contributed by atoms with Gasteiger partial charge in [0, 0.05) is 17.9 Å². The van der Waals surface area contributed by atoms with E-state index in [0.717, 1.165) is 6.54 Å². The minimum atomic E-state index is 0.911. The molecule has 2 aromatic rings. The van der Waals surface area contributed by atoms with E-state index in [1.165, 1.54) is 28.1 Å². The van der Waals surface area contributed by atoms with Crippen LogP contribution in [0.15, 0.2) is 30.3 Å². The molecule has 1 aromatic carbocycles. The van der Waals surface area contributed by atoms with E-state index >= 15 is 0 Å². The Balaban J connectivity index is 2.37. The van der Waals surface area contributed by atoms with Crippen molar-refractivity contribution in [1.82, 2.24) is 10.3 Å². The molecule has 2 N–H and O–H groups in total. The number of nitrogens with one attached hydrogen (secondary N) is 2. The van der Waals surface area contributed by atoms with E-state index in [2.05, 4.69) is 54.5 Å². The molecule has 0 radical (unpaired) electrons.